The number of nitrogens with zero attached hydrogens (tertiary/aromatic N) is 2. The smallest absolute Gasteiger partial charge is 0.266 e. The van der Waals surface area contributed by atoms with Crippen molar-refractivity contribution in [1.29, 1.82) is 5.26 Å². The number of benzene rings is 2. The second-order valence-corrected chi connectivity index (χ2v) is 6.66. The Labute approximate surface area is 154 Å². The molecule has 0 radical (unpaired) electrons. The molecule has 1 aliphatic rings. The number of carbonyl (C=O) groups is 1. The van der Waals surface area contributed by atoms with Gasteiger partial charge in [0.25, 0.3) is 5.91 Å². The SMILES string of the molecule is Cc1cccc(NC(=O)/C(C#N)=C\c2ccc(N3CCCC3)cc2)c1C. The summed E-state index contributed by atoms with van der Waals surface area (Å²) in [6.45, 7) is 6.14. The Kier molecular flexibility index (Phi) is 5.38. The molecule has 0 spiro atoms. The van der Waals surface area contributed by atoms with Crippen molar-refractivity contribution in [2.24, 2.45) is 0 Å². The number of hydrogen-bond acceptors (Lipinski definition) is 3. The van der Waals surface area contributed by atoms with Crippen molar-refractivity contribution in [3.63, 3.8) is 0 Å². The summed E-state index contributed by atoms with van der Waals surface area (Å²) in [4.78, 5) is 14.8. The number of hydrogen-bond donors (Lipinski definition) is 1. The second kappa shape index (κ2) is 7.88. The molecule has 1 fully saturated rings. The first-order valence-corrected chi connectivity index (χ1v) is 8.93. The maximum absolute atomic E-state index is 12.5. The average molecular weight is 345 g/mol. The molecule has 2 aromatic carbocycles. The lowest BCUT2D eigenvalue weighted by Gasteiger charge is -2.17. The summed E-state index contributed by atoms with van der Waals surface area (Å²) >= 11 is 0. The Morgan fingerprint density at radius 3 is 2.46 bits per heavy atom. The van der Waals surface area contributed by atoms with Crippen LogP contribution in [0.4, 0.5) is 11.4 Å². The van der Waals surface area contributed by atoms with E-state index in [1.165, 1.54) is 18.5 Å². The highest BCUT2D eigenvalue weighted by Crippen LogP contribution is 2.22. The first-order chi connectivity index (χ1) is 12.6. The number of rotatable bonds is 4. The molecule has 1 aliphatic heterocycles. The van der Waals surface area contributed by atoms with Crippen molar-refractivity contribution < 1.29 is 4.79 Å². The third-order valence-corrected chi connectivity index (χ3v) is 4.89. The van der Waals surface area contributed by atoms with E-state index >= 15 is 0 Å². The number of nitrogens with one attached hydrogen (secondary N) is 1. The Balaban J connectivity index is 1.76. The molecule has 1 N–H and O–H groups in total. The van der Waals surface area contributed by atoms with Crippen LogP contribution in [0, 0.1) is 25.2 Å². The van der Waals surface area contributed by atoms with E-state index in [-0.39, 0.29) is 11.5 Å². The zero-order chi connectivity index (χ0) is 18.5. The van der Waals surface area contributed by atoms with Gasteiger partial charge in [0.1, 0.15) is 11.6 Å². The first-order valence-electron chi connectivity index (χ1n) is 8.93. The maximum atomic E-state index is 12.5. The summed E-state index contributed by atoms with van der Waals surface area (Å²) in [6.07, 6.45) is 4.10. The van der Waals surface area contributed by atoms with Crippen molar-refractivity contribution in [2.45, 2.75) is 26.7 Å². The van der Waals surface area contributed by atoms with Gasteiger partial charge < -0.3 is 10.2 Å². The summed E-state index contributed by atoms with van der Waals surface area (Å²) < 4.78 is 0. The van der Waals surface area contributed by atoms with Gasteiger partial charge in [-0.2, -0.15) is 5.26 Å². The highest BCUT2D eigenvalue weighted by atomic mass is 16.1. The minimum Gasteiger partial charge on any atom is -0.372 e. The predicted octanol–water partition coefficient (Wildman–Crippen LogP) is 4.45. The third-order valence-electron chi connectivity index (χ3n) is 4.89. The molecule has 0 atom stereocenters. The second-order valence-electron chi connectivity index (χ2n) is 6.66. The van der Waals surface area contributed by atoms with E-state index in [0.717, 1.165) is 35.5 Å². The Bertz CT molecular complexity index is 869. The van der Waals surface area contributed by atoms with Gasteiger partial charge in [0.15, 0.2) is 0 Å². The van der Waals surface area contributed by atoms with Crippen molar-refractivity contribution in [3.8, 4) is 6.07 Å². The lowest BCUT2D eigenvalue weighted by Crippen LogP contribution is -2.17. The molecule has 3 rings (SSSR count). The van der Waals surface area contributed by atoms with Crippen molar-refractivity contribution in [2.75, 3.05) is 23.3 Å². The minimum absolute atomic E-state index is 0.0971. The van der Waals surface area contributed by atoms with Crippen LogP contribution in [-0.4, -0.2) is 19.0 Å². The van der Waals surface area contributed by atoms with Crippen LogP contribution >= 0.6 is 0 Å². The van der Waals surface area contributed by atoms with Gasteiger partial charge in [-0.1, -0.05) is 24.3 Å². The summed E-state index contributed by atoms with van der Waals surface area (Å²) in [5, 5.41) is 12.2. The van der Waals surface area contributed by atoms with Gasteiger partial charge in [-0.25, -0.2) is 0 Å². The van der Waals surface area contributed by atoms with Crippen LogP contribution in [0.25, 0.3) is 6.08 Å². The fourth-order valence-corrected chi connectivity index (χ4v) is 3.15. The number of aryl methyl sites for hydroxylation is 1. The van der Waals surface area contributed by atoms with Gasteiger partial charge in [-0.3, -0.25) is 4.79 Å². The van der Waals surface area contributed by atoms with E-state index in [1.54, 1.807) is 6.08 Å². The molecule has 4 heteroatoms. The number of carbonyl (C=O) groups excluding carboxylic acids is 1. The van der Waals surface area contributed by atoms with E-state index in [2.05, 4.69) is 22.3 Å². The number of amides is 1. The molecular formula is C22H23N3O. The van der Waals surface area contributed by atoms with E-state index in [0.29, 0.717) is 0 Å². The lowest BCUT2D eigenvalue weighted by atomic mass is 10.1. The molecule has 4 nitrogen and oxygen atoms in total. The molecule has 132 valence electrons. The van der Waals surface area contributed by atoms with Crippen LogP contribution < -0.4 is 10.2 Å². The molecule has 0 bridgehead atoms. The van der Waals surface area contributed by atoms with Crippen LogP contribution in [0.5, 0.6) is 0 Å². The zero-order valence-electron chi connectivity index (χ0n) is 15.2. The number of nitriles is 1. The molecule has 1 saturated heterocycles. The van der Waals surface area contributed by atoms with Gasteiger partial charge in [0, 0.05) is 24.5 Å². The molecule has 1 heterocycles. The van der Waals surface area contributed by atoms with Crippen LogP contribution in [0.15, 0.2) is 48.0 Å². The molecule has 2 aromatic rings. The fourth-order valence-electron chi connectivity index (χ4n) is 3.15. The fraction of sp³-hybridized carbons (Fsp3) is 0.273. The molecule has 0 aromatic heterocycles. The van der Waals surface area contributed by atoms with Gasteiger partial charge >= 0.3 is 0 Å². The van der Waals surface area contributed by atoms with Crippen molar-refractivity contribution in [3.05, 3.63) is 64.7 Å². The van der Waals surface area contributed by atoms with Crippen LogP contribution in [0.3, 0.4) is 0 Å². The lowest BCUT2D eigenvalue weighted by molar-refractivity contribution is -0.112. The van der Waals surface area contributed by atoms with E-state index in [9.17, 15) is 10.1 Å². The van der Waals surface area contributed by atoms with Gasteiger partial charge in [-0.05, 0) is 67.7 Å². The zero-order valence-corrected chi connectivity index (χ0v) is 15.2. The normalized spacial score (nSPS) is 14.2. The highest BCUT2D eigenvalue weighted by Gasteiger charge is 2.13. The van der Waals surface area contributed by atoms with Crippen molar-refractivity contribution >= 4 is 23.4 Å². The first kappa shape index (κ1) is 17.8. The number of anilines is 2. The Hall–Kier alpha value is -3.06. The van der Waals surface area contributed by atoms with Crippen molar-refractivity contribution in [1.82, 2.24) is 0 Å². The van der Waals surface area contributed by atoms with Crippen LogP contribution in [0.1, 0.15) is 29.5 Å². The monoisotopic (exact) mass is 345 g/mol. The Morgan fingerprint density at radius 1 is 1.12 bits per heavy atom. The minimum atomic E-state index is -0.384. The van der Waals surface area contributed by atoms with E-state index in [4.69, 9.17) is 0 Å². The average Bonchev–Trinajstić information content (AvgIpc) is 3.18. The molecule has 0 unspecified atom stereocenters. The van der Waals surface area contributed by atoms with E-state index in [1.807, 2.05) is 50.2 Å². The maximum Gasteiger partial charge on any atom is 0.266 e. The van der Waals surface area contributed by atoms with Gasteiger partial charge in [0.2, 0.25) is 0 Å². The van der Waals surface area contributed by atoms with Crippen LogP contribution in [-0.2, 0) is 4.79 Å². The summed E-state index contributed by atoms with van der Waals surface area (Å²) in [6, 6.07) is 15.8. The summed E-state index contributed by atoms with van der Waals surface area (Å²) in [5.74, 6) is -0.384. The summed E-state index contributed by atoms with van der Waals surface area (Å²) in [7, 11) is 0. The van der Waals surface area contributed by atoms with Crippen LogP contribution in [0.2, 0.25) is 0 Å². The quantitative estimate of drug-likeness (QED) is 0.658. The van der Waals surface area contributed by atoms with Gasteiger partial charge in [0.05, 0.1) is 0 Å². The van der Waals surface area contributed by atoms with E-state index < -0.39 is 0 Å². The molecule has 26 heavy (non-hydrogen) atoms. The third kappa shape index (κ3) is 3.94. The predicted molar refractivity (Wildman–Crippen MR) is 106 cm³/mol. The topological polar surface area (TPSA) is 56.1 Å². The molecule has 0 saturated carbocycles. The molecule has 0 aliphatic carbocycles. The summed E-state index contributed by atoms with van der Waals surface area (Å²) in [5.41, 5.74) is 4.98. The largest absolute Gasteiger partial charge is 0.372 e. The molecule has 1 amide bonds. The van der Waals surface area contributed by atoms with Gasteiger partial charge in [-0.15, -0.1) is 0 Å². The highest BCUT2D eigenvalue weighted by molar-refractivity contribution is 6.10. The standard InChI is InChI=1S/C22H23N3O/c1-16-6-5-7-21(17(16)2)24-22(26)19(15-23)14-18-8-10-20(11-9-18)25-12-3-4-13-25/h5-11,14H,3-4,12-13H2,1-2H3,(H,24,26)/b19-14-. The Morgan fingerprint density at radius 2 is 1.81 bits per heavy atom. The molecular weight excluding hydrogens is 322 g/mol.